The Bertz CT molecular complexity index is 557. The van der Waals surface area contributed by atoms with E-state index >= 15 is 0 Å². The molecule has 1 N–H and O–H groups in total. The Balaban J connectivity index is 2.37. The Morgan fingerprint density at radius 1 is 1.28 bits per heavy atom. The summed E-state index contributed by atoms with van der Waals surface area (Å²) >= 11 is 0. The Labute approximate surface area is 105 Å². The van der Waals surface area contributed by atoms with Crippen molar-refractivity contribution in [1.29, 1.82) is 0 Å². The van der Waals surface area contributed by atoms with Gasteiger partial charge in [-0.3, -0.25) is 4.98 Å². The van der Waals surface area contributed by atoms with Crippen LogP contribution in [0.2, 0.25) is 0 Å². The van der Waals surface area contributed by atoms with Crippen LogP contribution in [0.4, 0.5) is 4.39 Å². The van der Waals surface area contributed by atoms with Crippen LogP contribution in [0, 0.1) is 12.7 Å². The number of benzene rings is 1. The molecular weight excluding hydrogens is 233 g/mol. The van der Waals surface area contributed by atoms with E-state index < -0.39 is 11.9 Å². The molecule has 4 heteroatoms. The first kappa shape index (κ1) is 12.5. The van der Waals surface area contributed by atoms with Gasteiger partial charge in [-0.25, -0.2) is 4.39 Å². The third kappa shape index (κ3) is 2.49. The Kier molecular flexibility index (Phi) is 3.58. The number of hydrogen-bond donors (Lipinski definition) is 1. The van der Waals surface area contributed by atoms with Crippen LogP contribution in [0.1, 0.15) is 22.9 Å². The Hall–Kier alpha value is -1.94. The third-order valence-electron chi connectivity index (χ3n) is 2.74. The molecule has 1 heterocycles. The van der Waals surface area contributed by atoms with Crippen LogP contribution >= 0.6 is 0 Å². The fourth-order valence-electron chi connectivity index (χ4n) is 1.77. The van der Waals surface area contributed by atoms with Gasteiger partial charge in [-0.1, -0.05) is 0 Å². The van der Waals surface area contributed by atoms with Gasteiger partial charge in [-0.15, -0.1) is 0 Å². The molecule has 2 aromatic rings. The summed E-state index contributed by atoms with van der Waals surface area (Å²) in [6.07, 6.45) is 0.590. The zero-order valence-electron chi connectivity index (χ0n) is 10.2. The van der Waals surface area contributed by atoms with Gasteiger partial charge in [0.1, 0.15) is 17.7 Å². The van der Waals surface area contributed by atoms with E-state index in [4.69, 9.17) is 4.74 Å². The van der Waals surface area contributed by atoms with Crippen molar-refractivity contribution < 1.29 is 14.2 Å². The van der Waals surface area contributed by atoms with Crippen LogP contribution in [0.3, 0.4) is 0 Å². The van der Waals surface area contributed by atoms with Crippen molar-refractivity contribution in [3.05, 3.63) is 59.2 Å². The smallest absolute Gasteiger partial charge is 0.133 e. The fraction of sp³-hybridized carbons (Fsp3) is 0.214. The average molecular weight is 247 g/mol. The number of rotatable bonds is 3. The molecule has 0 amide bonds. The number of aliphatic hydroxyl groups is 1. The number of hydrogen-bond acceptors (Lipinski definition) is 3. The summed E-state index contributed by atoms with van der Waals surface area (Å²) < 4.78 is 18.7. The SMILES string of the molecule is COc1ccc(C(O)c2ccnc(C)c2)c(F)c1. The van der Waals surface area contributed by atoms with Crippen LogP contribution in [0.5, 0.6) is 5.75 Å². The first-order valence-electron chi connectivity index (χ1n) is 5.56. The first-order valence-corrected chi connectivity index (χ1v) is 5.56. The highest BCUT2D eigenvalue weighted by atomic mass is 19.1. The maximum Gasteiger partial charge on any atom is 0.133 e. The minimum atomic E-state index is -1.00. The van der Waals surface area contributed by atoms with E-state index in [0.29, 0.717) is 11.3 Å². The van der Waals surface area contributed by atoms with Crippen molar-refractivity contribution >= 4 is 0 Å². The molecule has 18 heavy (non-hydrogen) atoms. The molecule has 3 nitrogen and oxygen atoms in total. The largest absolute Gasteiger partial charge is 0.497 e. The molecule has 0 fully saturated rings. The van der Waals surface area contributed by atoms with Crippen LogP contribution in [0.15, 0.2) is 36.5 Å². The normalized spacial score (nSPS) is 12.2. The first-order chi connectivity index (χ1) is 8.61. The number of aromatic nitrogens is 1. The quantitative estimate of drug-likeness (QED) is 0.906. The van der Waals surface area contributed by atoms with Gasteiger partial charge in [-0.2, -0.15) is 0 Å². The van der Waals surface area contributed by atoms with E-state index in [0.717, 1.165) is 5.69 Å². The molecule has 94 valence electrons. The molecule has 1 aromatic carbocycles. The zero-order valence-corrected chi connectivity index (χ0v) is 10.2. The third-order valence-corrected chi connectivity index (χ3v) is 2.74. The Morgan fingerprint density at radius 2 is 2.06 bits per heavy atom. The monoisotopic (exact) mass is 247 g/mol. The summed E-state index contributed by atoms with van der Waals surface area (Å²) in [6, 6.07) is 7.80. The molecule has 0 aliphatic heterocycles. The second kappa shape index (κ2) is 5.14. The molecule has 0 aliphatic carbocycles. The lowest BCUT2D eigenvalue weighted by atomic mass is 10.0. The van der Waals surface area contributed by atoms with E-state index in [2.05, 4.69) is 4.98 Å². The number of nitrogens with zero attached hydrogens (tertiary/aromatic N) is 1. The predicted octanol–water partition coefficient (Wildman–Crippen LogP) is 2.62. The number of ether oxygens (including phenoxy) is 1. The summed E-state index contributed by atoms with van der Waals surface area (Å²) in [5, 5.41) is 10.2. The summed E-state index contributed by atoms with van der Waals surface area (Å²) in [6.45, 7) is 1.82. The standard InChI is InChI=1S/C14H14FNO2/c1-9-7-10(5-6-16-9)14(17)12-4-3-11(18-2)8-13(12)15/h3-8,14,17H,1-2H3. The van der Waals surface area contributed by atoms with Crippen molar-refractivity contribution in [3.63, 3.8) is 0 Å². The highest BCUT2D eigenvalue weighted by molar-refractivity contribution is 5.35. The lowest BCUT2D eigenvalue weighted by Crippen LogP contribution is -2.03. The van der Waals surface area contributed by atoms with Crippen LogP contribution < -0.4 is 4.74 Å². The molecule has 0 spiro atoms. The van der Waals surface area contributed by atoms with Crippen molar-refractivity contribution in [1.82, 2.24) is 4.98 Å². The van der Waals surface area contributed by atoms with Crippen molar-refractivity contribution in [3.8, 4) is 5.75 Å². The van der Waals surface area contributed by atoms with E-state index in [1.807, 2.05) is 6.92 Å². The summed E-state index contributed by atoms with van der Waals surface area (Å²) in [7, 11) is 1.47. The lowest BCUT2D eigenvalue weighted by Gasteiger charge is -2.13. The second-order valence-corrected chi connectivity index (χ2v) is 4.02. The lowest BCUT2D eigenvalue weighted by molar-refractivity contribution is 0.214. The number of methoxy groups -OCH3 is 1. The fourth-order valence-corrected chi connectivity index (χ4v) is 1.77. The van der Waals surface area contributed by atoms with Gasteiger partial charge in [-0.05, 0) is 36.8 Å². The molecule has 1 unspecified atom stereocenters. The minimum absolute atomic E-state index is 0.224. The molecule has 2 rings (SSSR count). The minimum Gasteiger partial charge on any atom is -0.497 e. The van der Waals surface area contributed by atoms with E-state index in [1.54, 1.807) is 24.4 Å². The van der Waals surface area contributed by atoms with Crippen molar-refractivity contribution in [2.45, 2.75) is 13.0 Å². The molecule has 0 radical (unpaired) electrons. The molecule has 1 aromatic heterocycles. The van der Waals surface area contributed by atoms with E-state index in [1.165, 1.54) is 19.2 Å². The topological polar surface area (TPSA) is 42.4 Å². The highest BCUT2D eigenvalue weighted by Gasteiger charge is 2.15. The molecule has 0 bridgehead atoms. The van der Waals surface area contributed by atoms with Gasteiger partial charge < -0.3 is 9.84 Å². The van der Waals surface area contributed by atoms with Gasteiger partial charge in [0, 0.05) is 23.5 Å². The number of pyridine rings is 1. The van der Waals surface area contributed by atoms with Crippen molar-refractivity contribution in [2.75, 3.05) is 7.11 Å². The molecule has 0 saturated heterocycles. The van der Waals surface area contributed by atoms with Crippen LogP contribution in [-0.2, 0) is 0 Å². The number of aryl methyl sites for hydroxylation is 1. The highest BCUT2D eigenvalue weighted by Crippen LogP contribution is 2.26. The van der Waals surface area contributed by atoms with Gasteiger partial charge in [0.15, 0.2) is 0 Å². The number of halogens is 1. The zero-order chi connectivity index (χ0) is 13.1. The van der Waals surface area contributed by atoms with Crippen LogP contribution in [-0.4, -0.2) is 17.2 Å². The van der Waals surface area contributed by atoms with Crippen molar-refractivity contribution in [2.24, 2.45) is 0 Å². The Morgan fingerprint density at radius 3 is 2.67 bits per heavy atom. The molecule has 0 saturated carbocycles. The summed E-state index contributed by atoms with van der Waals surface area (Å²) in [4.78, 5) is 4.04. The van der Waals surface area contributed by atoms with Gasteiger partial charge in [0.05, 0.1) is 7.11 Å². The maximum absolute atomic E-state index is 13.8. The van der Waals surface area contributed by atoms with Gasteiger partial charge in [0.25, 0.3) is 0 Å². The summed E-state index contributed by atoms with van der Waals surface area (Å²) in [5.74, 6) is -0.0642. The second-order valence-electron chi connectivity index (χ2n) is 4.02. The van der Waals surface area contributed by atoms with Gasteiger partial charge >= 0.3 is 0 Å². The maximum atomic E-state index is 13.8. The van der Waals surface area contributed by atoms with E-state index in [-0.39, 0.29) is 5.56 Å². The van der Waals surface area contributed by atoms with Gasteiger partial charge in [0.2, 0.25) is 0 Å². The molecule has 1 atom stereocenters. The number of aliphatic hydroxyl groups excluding tert-OH is 1. The van der Waals surface area contributed by atoms with E-state index in [9.17, 15) is 9.50 Å². The molecule has 0 aliphatic rings. The average Bonchev–Trinajstić information content (AvgIpc) is 2.37. The van der Waals surface area contributed by atoms with Crippen LogP contribution in [0.25, 0.3) is 0 Å². The summed E-state index contributed by atoms with van der Waals surface area (Å²) in [5.41, 5.74) is 1.62. The predicted molar refractivity (Wildman–Crippen MR) is 66.0 cm³/mol. The molecular formula is C14H14FNO2.